The Morgan fingerprint density at radius 2 is 1.84 bits per heavy atom. The lowest BCUT2D eigenvalue weighted by Gasteiger charge is -2.26. The van der Waals surface area contributed by atoms with E-state index < -0.39 is 11.7 Å². The third-order valence-electron chi connectivity index (χ3n) is 5.43. The van der Waals surface area contributed by atoms with Crippen LogP contribution in [-0.4, -0.2) is 57.5 Å². The molecule has 0 spiro atoms. The number of nitrogens with one attached hydrogen (secondary N) is 1. The van der Waals surface area contributed by atoms with Crippen molar-refractivity contribution in [3.05, 3.63) is 71.1 Å². The van der Waals surface area contributed by atoms with Crippen molar-refractivity contribution in [2.45, 2.75) is 25.6 Å². The number of aryl methyl sites for hydroxylation is 1. The van der Waals surface area contributed by atoms with E-state index in [0.29, 0.717) is 12.1 Å². The molecule has 6 nitrogen and oxygen atoms in total. The molecule has 1 N–H and O–H groups in total. The Labute approximate surface area is 184 Å². The van der Waals surface area contributed by atoms with Gasteiger partial charge < -0.3 is 9.30 Å². The number of alkyl halides is 3. The maximum absolute atomic E-state index is 12.8. The van der Waals surface area contributed by atoms with E-state index in [-0.39, 0.29) is 0 Å². The van der Waals surface area contributed by atoms with Crippen LogP contribution >= 0.6 is 0 Å². The number of rotatable bonds is 8. The van der Waals surface area contributed by atoms with E-state index in [1.807, 2.05) is 22.9 Å². The number of hydrogen-bond acceptors (Lipinski definition) is 4. The Hall–Kier alpha value is -2.91. The van der Waals surface area contributed by atoms with Crippen molar-refractivity contribution in [1.29, 1.82) is 0 Å². The summed E-state index contributed by atoms with van der Waals surface area (Å²) in [6.45, 7) is 5.11. The third kappa shape index (κ3) is 6.08. The van der Waals surface area contributed by atoms with Crippen molar-refractivity contribution in [3.63, 3.8) is 0 Å². The van der Waals surface area contributed by atoms with E-state index in [1.165, 1.54) is 12.1 Å². The second-order valence-electron chi connectivity index (χ2n) is 7.81. The molecule has 0 radical (unpaired) electrons. The highest BCUT2D eigenvalue weighted by atomic mass is 19.4. The zero-order valence-electron chi connectivity index (χ0n) is 17.7. The van der Waals surface area contributed by atoms with Crippen LogP contribution in [0, 0.1) is 0 Å². The molecule has 0 amide bonds. The summed E-state index contributed by atoms with van der Waals surface area (Å²) in [6, 6.07) is 7.01. The molecule has 4 rings (SSSR count). The highest BCUT2D eigenvalue weighted by Gasteiger charge is 2.29. The smallest absolute Gasteiger partial charge is 0.379 e. The third-order valence-corrected chi connectivity index (χ3v) is 5.43. The molecule has 3 heterocycles. The maximum atomic E-state index is 12.8. The van der Waals surface area contributed by atoms with Gasteiger partial charge in [0.2, 0.25) is 0 Å². The van der Waals surface area contributed by atoms with Gasteiger partial charge in [0, 0.05) is 25.5 Å². The minimum atomic E-state index is -4.33. The molecule has 9 heteroatoms. The Morgan fingerprint density at radius 1 is 1.06 bits per heavy atom. The summed E-state index contributed by atoms with van der Waals surface area (Å²) >= 11 is 0. The van der Waals surface area contributed by atoms with Crippen LogP contribution in [0.4, 0.5) is 13.2 Å². The van der Waals surface area contributed by atoms with Crippen LogP contribution in [0.3, 0.4) is 0 Å². The number of H-pyrrole nitrogens is 1. The van der Waals surface area contributed by atoms with Gasteiger partial charge in [-0.2, -0.15) is 18.3 Å². The van der Waals surface area contributed by atoms with Crippen molar-refractivity contribution < 1.29 is 17.9 Å². The van der Waals surface area contributed by atoms with Crippen LogP contribution in [0.15, 0.2) is 42.7 Å². The normalized spacial score (nSPS) is 15.6. The lowest BCUT2D eigenvalue weighted by Crippen LogP contribution is -2.36. The number of morpholine rings is 1. The first kappa shape index (κ1) is 22.3. The number of hydrogen-bond donors (Lipinski definition) is 1. The van der Waals surface area contributed by atoms with Gasteiger partial charge in [-0.15, -0.1) is 0 Å². The number of aromatic nitrogens is 4. The molecule has 0 unspecified atom stereocenters. The topological polar surface area (TPSA) is 59.0 Å². The minimum absolute atomic E-state index is 0.586. The monoisotopic (exact) mass is 445 g/mol. The number of aromatic amines is 1. The van der Waals surface area contributed by atoms with E-state index in [0.717, 1.165) is 75.0 Å². The lowest BCUT2D eigenvalue weighted by atomic mass is 10.1. The molecule has 0 atom stereocenters. The molecule has 0 saturated carbocycles. The Kier molecular flexibility index (Phi) is 7.06. The standard InChI is InChI=1S/C23H26F3N5O/c24-23(25,26)19-6-3-18(4-7-19)5-8-22-28-20(2-1-11-30-12-14-32-15-13-30)16-31(22)17-21-9-10-27-29-21/h3-10,16H,1-2,11-15,17H2,(H,27,29)/b8-5+. The van der Waals surface area contributed by atoms with Gasteiger partial charge in [0.15, 0.2) is 0 Å². The highest BCUT2D eigenvalue weighted by molar-refractivity contribution is 5.67. The fraction of sp³-hybridized carbons (Fsp3) is 0.391. The summed E-state index contributed by atoms with van der Waals surface area (Å²) in [5, 5.41) is 6.95. The van der Waals surface area contributed by atoms with Gasteiger partial charge in [-0.3, -0.25) is 10.00 Å². The van der Waals surface area contributed by atoms with Crippen molar-refractivity contribution in [1.82, 2.24) is 24.6 Å². The first-order valence-electron chi connectivity index (χ1n) is 10.7. The second-order valence-corrected chi connectivity index (χ2v) is 7.81. The maximum Gasteiger partial charge on any atom is 0.416 e. The fourth-order valence-corrected chi connectivity index (χ4v) is 3.69. The zero-order valence-corrected chi connectivity index (χ0v) is 17.7. The number of benzene rings is 1. The molecule has 1 aromatic carbocycles. The summed E-state index contributed by atoms with van der Waals surface area (Å²) in [4.78, 5) is 7.16. The summed E-state index contributed by atoms with van der Waals surface area (Å²) in [6.07, 6.45) is 4.88. The number of halogens is 3. The van der Waals surface area contributed by atoms with E-state index in [1.54, 1.807) is 12.3 Å². The quantitative estimate of drug-likeness (QED) is 0.567. The lowest BCUT2D eigenvalue weighted by molar-refractivity contribution is -0.137. The molecular weight excluding hydrogens is 419 g/mol. The van der Waals surface area contributed by atoms with E-state index in [9.17, 15) is 13.2 Å². The van der Waals surface area contributed by atoms with E-state index in [2.05, 4.69) is 15.1 Å². The summed E-state index contributed by atoms with van der Waals surface area (Å²) in [7, 11) is 0. The molecule has 170 valence electrons. The van der Waals surface area contributed by atoms with Crippen LogP contribution in [0.1, 0.15) is 34.8 Å². The fourth-order valence-electron chi connectivity index (χ4n) is 3.69. The number of imidazole rings is 1. The number of nitrogens with zero attached hydrogens (tertiary/aromatic N) is 4. The van der Waals surface area contributed by atoms with Crippen LogP contribution in [0.2, 0.25) is 0 Å². The molecule has 3 aromatic rings. The van der Waals surface area contributed by atoms with Gasteiger partial charge >= 0.3 is 6.18 Å². The predicted octanol–water partition coefficient (Wildman–Crippen LogP) is 4.11. The molecule has 1 fully saturated rings. The molecule has 32 heavy (non-hydrogen) atoms. The SMILES string of the molecule is FC(F)(F)c1ccc(/C=C/c2nc(CCCN3CCOCC3)cn2Cc2ccn[nH]2)cc1. The summed E-state index contributed by atoms with van der Waals surface area (Å²) in [5.74, 6) is 0.751. The molecular formula is C23H26F3N5O. The van der Waals surface area contributed by atoms with E-state index >= 15 is 0 Å². The van der Waals surface area contributed by atoms with Crippen molar-refractivity contribution in [2.75, 3.05) is 32.8 Å². The predicted molar refractivity (Wildman–Crippen MR) is 116 cm³/mol. The van der Waals surface area contributed by atoms with E-state index in [4.69, 9.17) is 9.72 Å². The van der Waals surface area contributed by atoms with Crippen LogP contribution in [0.5, 0.6) is 0 Å². The average molecular weight is 445 g/mol. The van der Waals surface area contributed by atoms with Crippen molar-refractivity contribution in [2.24, 2.45) is 0 Å². The Morgan fingerprint density at radius 3 is 2.53 bits per heavy atom. The minimum Gasteiger partial charge on any atom is -0.379 e. The van der Waals surface area contributed by atoms with Gasteiger partial charge in [-0.25, -0.2) is 4.98 Å². The van der Waals surface area contributed by atoms with Gasteiger partial charge in [-0.1, -0.05) is 18.2 Å². The highest BCUT2D eigenvalue weighted by Crippen LogP contribution is 2.29. The van der Waals surface area contributed by atoms with Crippen LogP contribution in [-0.2, 0) is 23.9 Å². The van der Waals surface area contributed by atoms with Gasteiger partial charge in [0.05, 0.1) is 36.7 Å². The molecule has 2 aromatic heterocycles. The van der Waals surface area contributed by atoms with Crippen molar-refractivity contribution >= 4 is 12.2 Å². The molecule has 1 saturated heterocycles. The average Bonchev–Trinajstić information content (AvgIpc) is 3.43. The molecule has 1 aliphatic heterocycles. The zero-order chi connectivity index (χ0) is 22.4. The van der Waals surface area contributed by atoms with Gasteiger partial charge in [-0.05, 0) is 49.2 Å². The van der Waals surface area contributed by atoms with Gasteiger partial charge in [0.1, 0.15) is 5.82 Å². The molecule has 0 bridgehead atoms. The number of ether oxygens (including phenoxy) is 1. The first-order chi connectivity index (χ1) is 15.5. The Balaban J connectivity index is 1.45. The molecule has 1 aliphatic rings. The van der Waals surface area contributed by atoms with Crippen molar-refractivity contribution in [3.8, 4) is 0 Å². The second kappa shape index (κ2) is 10.1. The first-order valence-corrected chi connectivity index (χ1v) is 10.7. The summed E-state index contributed by atoms with van der Waals surface area (Å²) in [5.41, 5.74) is 1.97. The molecule has 0 aliphatic carbocycles. The van der Waals surface area contributed by atoms with Crippen LogP contribution in [0.25, 0.3) is 12.2 Å². The van der Waals surface area contributed by atoms with Crippen LogP contribution < -0.4 is 0 Å². The Bertz CT molecular complexity index is 1000. The van der Waals surface area contributed by atoms with Gasteiger partial charge in [0.25, 0.3) is 0 Å². The largest absolute Gasteiger partial charge is 0.416 e. The summed E-state index contributed by atoms with van der Waals surface area (Å²) < 4.78 is 45.8.